The van der Waals surface area contributed by atoms with Crippen LogP contribution in [0.3, 0.4) is 0 Å². The summed E-state index contributed by atoms with van der Waals surface area (Å²) >= 11 is 0. The second-order valence-electron chi connectivity index (χ2n) is 4.94. The number of hydrogen-bond acceptors (Lipinski definition) is 2. The smallest absolute Gasteiger partial charge is 0.123 e. The van der Waals surface area contributed by atoms with Gasteiger partial charge in [-0.25, -0.2) is 4.39 Å². The maximum atomic E-state index is 12.8. The molecule has 0 aliphatic carbocycles. The number of likely N-dealkylation sites (N-methyl/N-ethyl adjacent to an activating group) is 1. The first-order chi connectivity index (χ1) is 8.14. The predicted octanol–water partition coefficient (Wildman–Crippen LogP) is 2.53. The molecule has 1 aromatic rings. The monoisotopic (exact) mass is 237 g/mol. The van der Waals surface area contributed by atoms with Crippen LogP contribution in [0.15, 0.2) is 24.3 Å². The molecule has 94 valence electrons. The molecule has 1 aliphatic rings. The molecule has 0 radical (unpaired) electrons. The summed E-state index contributed by atoms with van der Waals surface area (Å²) in [5.41, 5.74) is 1.05. The molecule has 0 aromatic heterocycles. The van der Waals surface area contributed by atoms with Crippen LogP contribution in [0, 0.1) is 5.82 Å². The van der Waals surface area contributed by atoms with Crippen LogP contribution in [-0.2, 0) is 11.2 Å². The molecular formula is C14H20FNO. The van der Waals surface area contributed by atoms with Gasteiger partial charge in [0.15, 0.2) is 0 Å². The second kappa shape index (κ2) is 5.15. The fourth-order valence-corrected chi connectivity index (χ4v) is 2.55. The van der Waals surface area contributed by atoms with Gasteiger partial charge in [0.25, 0.3) is 0 Å². The number of ether oxygens (including phenoxy) is 1. The third-order valence-corrected chi connectivity index (χ3v) is 3.69. The number of nitrogens with one attached hydrogen (secondary N) is 1. The van der Waals surface area contributed by atoms with Crippen LogP contribution in [0.25, 0.3) is 0 Å². The topological polar surface area (TPSA) is 21.3 Å². The molecule has 2 unspecified atom stereocenters. The number of rotatable bonds is 4. The molecular weight excluding hydrogens is 217 g/mol. The van der Waals surface area contributed by atoms with E-state index in [4.69, 9.17) is 4.74 Å². The highest BCUT2D eigenvalue weighted by Crippen LogP contribution is 2.30. The minimum Gasteiger partial charge on any atom is -0.374 e. The molecule has 1 aliphatic heterocycles. The zero-order valence-electron chi connectivity index (χ0n) is 10.5. The van der Waals surface area contributed by atoms with E-state index in [-0.39, 0.29) is 17.5 Å². The quantitative estimate of drug-likeness (QED) is 0.869. The van der Waals surface area contributed by atoms with E-state index >= 15 is 0 Å². The minimum absolute atomic E-state index is 0.0941. The van der Waals surface area contributed by atoms with E-state index in [9.17, 15) is 4.39 Å². The van der Waals surface area contributed by atoms with E-state index < -0.39 is 0 Å². The van der Waals surface area contributed by atoms with Gasteiger partial charge in [0.2, 0.25) is 0 Å². The van der Waals surface area contributed by atoms with Crippen molar-refractivity contribution in [3.63, 3.8) is 0 Å². The first-order valence-electron chi connectivity index (χ1n) is 6.20. The molecule has 2 atom stereocenters. The summed E-state index contributed by atoms with van der Waals surface area (Å²) in [5, 5.41) is 3.33. The first-order valence-corrected chi connectivity index (χ1v) is 6.20. The highest BCUT2D eigenvalue weighted by Gasteiger charge is 2.37. The summed E-state index contributed by atoms with van der Waals surface area (Å²) in [6.07, 6.45) is 3.07. The molecule has 1 fully saturated rings. The molecule has 2 nitrogen and oxygen atoms in total. The molecule has 0 bridgehead atoms. The maximum absolute atomic E-state index is 12.8. The number of hydrogen-bond donors (Lipinski definition) is 1. The molecule has 1 heterocycles. The standard InChI is InChI=1S/C14H20FNO/c1-14(8-3-9-17-14)13(16-2)10-11-4-6-12(15)7-5-11/h4-7,13,16H,3,8-10H2,1-2H3. The van der Waals surface area contributed by atoms with Gasteiger partial charge in [-0.15, -0.1) is 0 Å². The Morgan fingerprint density at radius 1 is 1.41 bits per heavy atom. The lowest BCUT2D eigenvalue weighted by molar-refractivity contribution is -0.00943. The van der Waals surface area contributed by atoms with Gasteiger partial charge in [0, 0.05) is 12.6 Å². The third-order valence-electron chi connectivity index (χ3n) is 3.69. The Morgan fingerprint density at radius 2 is 2.12 bits per heavy atom. The maximum Gasteiger partial charge on any atom is 0.123 e. The molecule has 0 saturated carbocycles. The van der Waals surface area contributed by atoms with E-state index in [2.05, 4.69) is 12.2 Å². The molecule has 0 spiro atoms. The van der Waals surface area contributed by atoms with Gasteiger partial charge >= 0.3 is 0 Å². The summed E-state index contributed by atoms with van der Waals surface area (Å²) in [4.78, 5) is 0. The lowest BCUT2D eigenvalue weighted by Crippen LogP contribution is -2.48. The average molecular weight is 237 g/mol. The van der Waals surface area contributed by atoms with Crippen LogP contribution in [0.4, 0.5) is 4.39 Å². The summed E-state index contributed by atoms with van der Waals surface area (Å²) in [6.45, 7) is 3.00. The lowest BCUT2D eigenvalue weighted by atomic mass is 9.88. The Morgan fingerprint density at radius 3 is 2.65 bits per heavy atom. The van der Waals surface area contributed by atoms with Crippen molar-refractivity contribution in [1.82, 2.24) is 5.32 Å². The molecule has 3 heteroatoms. The zero-order chi connectivity index (χ0) is 12.3. The zero-order valence-corrected chi connectivity index (χ0v) is 10.5. The molecule has 0 amide bonds. The summed E-state index contributed by atoms with van der Waals surface area (Å²) in [6, 6.07) is 6.99. The van der Waals surface area contributed by atoms with Crippen molar-refractivity contribution in [2.45, 2.75) is 37.8 Å². The Balaban J connectivity index is 2.06. The van der Waals surface area contributed by atoms with Gasteiger partial charge in [-0.2, -0.15) is 0 Å². The van der Waals surface area contributed by atoms with Crippen molar-refractivity contribution >= 4 is 0 Å². The van der Waals surface area contributed by atoms with Crippen molar-refractivity contribution in [1.29, 1.82) is 0 Å². The molecule has 1 saturated heterocycles. The fraction of sp³-hybridized carbons (Fsp3) is 0.571. The molecule has 1 aromatic carbocycles. The van der Waals surface area contributed by atoms with Gasteiger partial charge in [-0.3, -0.25) is 0 Å². The van der Waals surface area contributed by atoms with E-state index in [0.717, 1.165) is 31.4 Å². The van der Waals surface area contributed by atoms with E-state index in [1.54, 1.807) is 0 Å². The van der Waals surface area contributed by atoms with Crippen molar-refractivity contribution in [2.24, 2.45) is 0 Å². The summed E-state index contributed by atoms with van der Waals surface area (Å²) in [7, 11) is 1.96. The van der Waals surface area contributed by atoms with Crippen LogP contribution in [0.2, 0.25) is 0 Å². The second-order valence-corrected chi connectivity index (χ2v) is 4.94. The fourth-order valence-electron chi connectivity index (χ4n) is 2.55. The Bertz CT molecular complexity index is 357. The Hall–Kier alpha value is -0.930. The van der Waals surface area contributed by atoms with Crippen molar-refractivity contribution in [2.75, 3.05) is 13.7 Å². The van der Waals surface area contributed by atoms with Gasteiger partial charge in [0.05, 0.1) is 5.60 Å². The molecule has 1 N–H and O–H groups in total. The minimum atomic E-state index is -0.182. The predicted molar refractivity (Wildman–Crippen MR) is 66.5 cm³/mol. The normalized spacial score (nSPS) is 26.1. The van der Waals surface area contributed by atoms with Crippen molar-refractivity contribution in [3.8, 4) is 0 Å². The average Bonchev–Trinajstić information content (AvgIpc) is 2.76. The SMILES string of the molecule is CNC(Cc1ccc(F)cc1)C1(C)CCCO1. The Labute approximate surface area is 102 Å². The van der Waals surface area contributed by atoms with Gasteiger partial charge in [0.1, 0.15) is 5.82 Å². The van der Waals surface area contributed by atoms with Crippen LogP contribution in [0.1, 0.15) is 25.3 Å². The molecule has 2 rings (SSSR count). The van der Waals surface area contributed by atoms with E-state index in [1.807, 2.05) is 19.2 Å². The first kappa shape index (κ1) is 12.5. The van der Waals surface area contributed by atoms with Gasteiger partial charge in [-0.05, 0) is 50.9 Å². The highest BCUT2D eigenvalue weighted by molar-refractivity contribution is 5.18. The van der Waals surface area contributed by atoms with Crippen LogP contribution in [0.5, 0.6) is 0 Å². The highest BCUT2D eigenvalue weighted by atomic mass is 19.1. The van der Waals surface area contributed by atoms with E-state index in [1.165, 1.54) is 12.1 Å². The van der Waals surface area contributed by atoms with Crippen LogP contribution in [-0.4, -0.2) is 25.3 Å². The Kier molecular flexibility index (Phi) is 3.79. The third kappa shape index (κ3) is 2.85. The van der Waals surface area contributed by atoms with Gasteiger partial charge in [-0.1, -0.05) is 12.1 Å². The van der Waals surface area contributed by atoms with Crippen LogP contribution >= 0.6 is 0 Å². The lowest BCUT2D eigenvalue weighted by Gasteiger charge is -2.33. The van der Waals surface area contributed by atoms with Gasteiger partial charge < -0.3 is 10.1 Å². The van der Waals surface area contributed by atoms with Crippen LogP contribution < -0.4 is 5.32 Å². The molecule has 17 heavy (non-hydrogen) atoms. The number of halogens is 1. The largest absolute Gasteiger partial charge is 0.374 e. The summed E-state index contributed by atoms with van der Waals surface area (Å²) in [5.74, 6) is -0.182. The van der Waals surface area contributed by atoms with E-state index in [0.29, 0.717) is 0 Å². The number of benzene rings is 1. The van der Waals surface area contributed by atoms with Crippen molar-refractivity contribution in [3.05, 3.63) is 35.6 Å². The summed E-state index contributed by atoms with van der Waals surface area (Å²) < 4.78 is 18.7. The van der Waals surface area contributed by atoms with Crippen molar-refractivity contribution < 1.29 is 9.13 Å².